The lowest BCUT2D eigenvalue weighted by Crippen LogP contribution is -2.38. The van der Waals surface area contributed by atoms with Crippen LogP contribution in [-0.4, -0.2) is 86.4 Å². The van der Waals surface area contributed by atoms with Crippen LogP contribution in [0.25, 0.3) is 0 Å². The Kier molecular flexibility index (Phi) is 35.3. The van der Waals surface area contributed by atoms with Crippen molar-refractivity contribution in [2.24, 2.45) is 5.92 Å². The molecule has 0 aliphatic carbocycles. The summed E-state index contributed by atoms with van der Waals surface area (Å²) in [7, 11) is 0. The van der Waals surface area contributed by atoms with Crippen LogP contribution in [0.15, 0.2) is 0 Å². The Morgan fingerprint density at radius 3 is 1.74 bits per heavy atom. The van der Waals surface area contributed by atoms with E-state index < -0.39 is 5.92 Å². The molecule has 0 bridgehead atoms. The number of ether oxygens (including phenoxy) is 3. The maximum absolute atomic E-state index is 13.7. The van der Waals surface area contributed by atoms with Crippen molar-refractivity contribution in [3.8, 4) is 0 Å². The van der Waals surface area contributed by atoms with Crippen LogP contribution in [0.4, 0.5) is 0 Å². The number of nitrogens with zero attached hydrogens (tertiary/aromatic N) is 1. The number of hydrogen-bond acceptors (Lipinski definition) is 8. The fourth-order valence-corrected chi connectivity index (χ4v) is 7.93. The third kappa shape index (κ3) is 31.6. The van der Waals surface area contributed by atoms with Crippen LogP contribution in [0.3, 0.4) is 0 Å². The molecule has 312 valence electrons. The Labute approximate surface area is 331 Å². The lowest BCUT2D eigenvalue weighted by Gasteiger charge is -2.26. The predicted octanol–water partition coefficient (Wildman–Crippen LogP) is 10.8. The van der Waals surface area contributed by atoms with Gasteiger partial charge in [-0.25, -0.2) is 0 Å². The van der Waals surface area contributed by atoms with Crippen molar-refractivity contribution in [2.75, 3.05) is 57.5 Å². The average Bonchev–Trinajstić information content (AvgIpc) is 3.16. The first kappa shape index (κ1) is 49.7. The molecular weight excluding hydrogens is 685 g/mol. The van der Waals surface area contributed by atoms with Gasteiger partial charge in [0, 0.05) is 37.6 Å². The van der Waals surface area contributed by atoms with Crippen LogP contribution in [0.1, 0.15) is 194 Å². The summed E-state index contributed by atoms with van der Waals surface area (Å²) in [5, 5.41) is 3.05. The molecule has 1 amide bonds. The van der Waals surface area contributed by atoms with Crippen LogP contribution in [-0.2, 0) is 28.6 Å². The van der Waals surface area contributed by atoms with E-state index in [9.17, 15) is 14.4 Å². The van der Waals surface area contributed by atoms with Crippen LogP contribution < -0.4 is 5.32 Å². The van der Waals surface area contributed by atoms with Crippen molar-refractivity contribution in [3.63, 3.8) is 0 Å². The first-order valence-corrected chi connectivity index (χ1v) is 23.7. The molecule has 1 unspecified atom stereocenters. The number of unbranched alkanes of at least 4 members (excludes halogenated alkanes) is 19. The van der Waals surface area contributed by atoms with Crippen molar-refractivity contribution < 1.29 is 28.6 Å². The Bertz CT molecular complexity index is 840. The summed E-state index contributed by atoms with van der Waals surface area (Å²) in [4.78, 5) is 41.6. The molecule has 1 atom stereocenters. The summed E-state index contributed by atoms with van der Waals surface area (Å²) in [6.07, 6.45) is 30.0. The quantitative estimate of drug-likeness (QED) is 0.0490. The maximum atomic E-state index is 13.7. The molecule has 0 radical (unpaired) electrons. The van der Waals surface area contributed by atoms with Gasteiger partial charge in [0.15, 0.2) is 0 Å². The normalized spacial score (nSPS) is 14.0. The molecule has 0 spiro atoms. The third-order valence-electron chi connectivity index (χ3n) is 10.4. The molecule has 1 aliphatic rings. The molecule has 0 aromatic rings. The molecule has 1 saturated heterocycles. The molecule has 1 aliphatic heterocycles. The predicted molar refractivity (Wildman–Crippen MR) is 224 cm³/mol. The highest BCUT2D eigenvalue weighted by Crippen LogP contribution is 2.22. The van der Waals surface area contributed by atoms with Gasteiger partial charge in [-0.05, 0) is 45.1 Å². The Balaban J connectivity index is 2.56. The number of nitrogens with one attached hydrogen (secondary N) is 1. The van der Waals surface area contributed by atoms with Gasteiger partial charge < -0.3 is 19.5 Å². The molecule has 0 saturated carbocycles. The summed E-state index contributed by atoms with van der Waals surface area (Å²) < 4.78 is 17.2. The number of carbonyl (C=O) groups excluding carboxylic acids is 3. The van der Waals surface area contributed by atoms with Gasteiger partial charge >= 0.3 is 11.9 Å². The topological polar surface area (TPSA) is 94.2 Å². The lowest BCUT2D eigenvalue weighted by molar-refractivity contribution is -0.155. The molecule has 0 aromatic carbocycles. The molecule has 1 fully saturated rings. The fourth-order valence-electron chi connectivity index (χ4n) is 6.92. The minimum absolute atomic E-state index is 0.0929. The smallest absolute Gasteiger partial charge is 0.310 e. The van der Waals surface area contributed by atoms with E-state index in [4.69, 9.17) is 14.2 Å². The molecule has 1 heterocycles. The second-order valence-corrected chi connectivity index (χ2v) is 16.6. The summed E-state index contributed by atoms with van der Waals surface area (Å²) in [6, 6.07) is 0. The second kappa shape index (κ2) is 37.6. The third-order valence-corrected chi connectivity index (χ3v) is 11.5. The molecule has 8 nitrogen and oxygen atoms in total. The van der Waals surface area contributed by atoms with Gasteiger partial charge in [0.05, 0.1) is 32.2 Å². The van der Waals surface area contributed by atoms with E-state index in [1.807, 2.05) is 0 Å². The van der Waals surface area contributed by atoms with Gasteiger partial charge in [0.25, 0.3) is 0 Å². The fraction of sp³-hybridized carbons (Fsp3) is 0.932. The molecule has 1 N–H and O–H groups in total. The van der Waals surface area contributed by atoms with Crippen molar-refractivity contribution >= 4 is 29.6 Å². The zero-order valence-corrected chi connectivity index (χ0v) is 35.7. The van der Waals surface area contributed by atoms with E-state index in [2.05, 4.69) is 31.0 Å². The number of esters is 2. The van der Waals surface area contributed by atoms with Gasteiger partial charge in [-0.15, -0.1) is 0 Å². The number of thioether (sulfide) groups is 1. The minimum Gasteiger partial charge on any atom is -0.466 e. The molecular formula is C44H84N2O6S. The van der Waals surface area contributed by atoms with Crippen LogP contribution in [0.5, 0.6) is 0 Å². The zero-order valence-electron chi connectivity index (χ0n) is 34.9. The van der Waals surface area contributed by atoms with E-state index >= 15 is 0 Å². The standard InChI is InChI=1S/C44H84N2O6S/c1-4-7-10-13-16-17-18-19-22-25-34-51-43(48)29-37-53-39-40(38-42(47)45-30-26-31-46-32-35-50-36-33-46)44(49)52-41(27-23-20-14-11-8-5-2)28-24-21-15-12-9-6-3/h40-41H,4-39H2,1-3H3,(H,45,47). The molecule has 1 rings (SSSR count). The first-order chi connectivity index (χ1) is 26.0. The number of amides is 1. The van der Waals surface area contributed by atoms with E-state index in [0.717, 1.165) is 77.8 Å². The minimum atomic E-state index is -0.529. The van der Waals surface area contributed by atoms with Crippen molar-refractivity contribution in [1.29, 1.82) is 0 Å². The van der Waals surface area contributed by atoms with Gasteiger partial charge in [0.1, 0.15) is 6.10 Å². The van der Waals surface area contributed by atoms with E-state index in [1.54, 1.807) is 11.8 Å². The first-order valence-electron chi connectivity index (χ1n) is 22.5. The Hall–Kier alpha value is -1.32. The number of morpholine rings is 1. The van der Waals surface area contributed by atoms with Crippen molar-refractivity contribution in [1.82, 2.24) is 10.2 Å². The van der Waals surface area contributed by atoms with Crippen LogP contribution in [0.2, 0.25) is 0 Å². The van der Waals surface area contributed by atoms with E-state index in [-0.39, 0.29) is 30.4 Å². The maximum Gasteiger partial charge on any atom is 0.310 e. The number of hydrogen-bond donors (Lipinski definition) is 1. The molecule has 53 heavy (non-hydrogen) atoms. The summed E-state index contributed by atoms with van der Waals surface area (Å²) >= 11 is 1.55. The highest BCUT2D eigenvalue weighted by molar-refractivity contribution is 7.99. The van der Waals surface area contributed by atoms with Gasteiger partial charge in [-0.2, -0.15) is 11.8 Å². The zero-order chi connectivity index (χ0) is 38.5. The largest absolute Gasteiger partial charge is 0.466 e. The Morgan fingerprint density at radius 1 is 0.679 bits per heavy atom. The molecule has 0 aromatic heterocycles. The van der Waals surface area contributed by atoms with Crippen molar-refractivity contribution in [2.45, 2.75) is 200 Å². The van der Waals surface area contributed by atoms with E-state index in [1.165, 1.54) is 116 Å². The van der Waals surface area contributed by atoms with Crippen molar-refractivity contribution in [3.05, 3.63) is 0 Å². The summed E-state index contributed by atoms with van der Waals surface area (Å²) in [5.74, 6) is -0.0323. The van der Waals surface area contributed by atoms with Gasteiger partial charge in [-0.3, -0.25) is 19.3 Å². The number of rotatable bonds is 38. The second-order valence-electron chi connectivity index (χ2n) is 15.5. The average molecular weight is 769 g/mol. The number of carbonyl (C=O) groups is 3. The van der Waals surface area contributed by atoms with Gasteiger partial charge in [0.2, 0.25) is 5.91 Å². The SMILES string of the molecule is CCCCCCCCCCCCOC(=O)CCSCC(CC(=O)NCCCN1CCOCC1)C(=O)OC(CCCCCCCC)CCCCCCCC. The highest BCUT2D eigenvalue weighted by Gasteiger charge is 2.26. The van der Waals surface area contributed by atoms with Crippen LogP contribution >= 0.6 is 11.8 Å². The lowest BCUT2D eigenvalue weighted by atomic mass is 10.0. The molecule has 9 heteroatoms. The van der Waals surface area contributed by atoms with Crippen LogP contribution in [0, 0.1) is 5.92 Å². The van der Waals surface area contributed by atoms with E-state index in [0.29, 0.717) is 31.1 Å². The highest BCUT2D eigenvalue weighted by atomic mass is 32.2. The Morgan fingerprint density at radius 2 is 1.19 bits per heavy atom. The monoisotopic (exact) mass is 769 g/mol. The summed E-state index contributed by atoms with van der Waals surface area (Å²) in [6.45, 7) is 12.1. The summed E-state index contributed by atoms with van der Waals surface area (Å²) in [5.41, 5.74) is 0. The van der Waals surface area contributed by atoms with Gasteiger partial charge in [-0.1, -0.05) is 143 Å².